The fraction of sp³-hybridized carbons (Fsp3) is 0.231. The van der Waals surface area contributed by atoms with Crippen LogP contribution in [0, 0.1) is 0 Å². The highest BCUT2D eigenvalue weighted by Gasteiger charge is 2.16. The Morgan fingerprint density at radius 2 is 2.00 bits per heavy atom. The minimum atomic E-state index is -0.216. The molecule has 1 aromatic carbocycles. The molecule has 1 heterocycles. The first-order chi connectivity index (χ1) is 8.26. The molecular weight excluding hydrogens is 256 g/mol. The van der Waals surface area contributed by atoms with E-state index in [0.717, 1.165) is 22.6 Å². The number of hydrogen-bond donors (Lipinski definition) is 0. The average Bonchev–Trinajstić information content (AvgIpc) is 2.91. The normalized spacial score (nSPS) is 12.2. The molecule has 0 fully saturated rings. The quantitative estimate of drug-likeness (QED) is 0.778. The molecule has 0 aliphatic heterocycles. The van der Waals surface area contributed by atoms with E-state index in [-0.39, 0.29) is 5.38 Å². The summed E-state index contributed by atoms with van der Waals surface area (Å²) in [5.74, 6) is 1.55. The summed E-state index contributed by atoms with van der Waals surface area (Å²) < 4.78 is 10.5. The average molecular weight is 269 g/mol. The standard InChI is InChI=1S/C13H13ClO2S/c1-15-10-3-4-12(16-2)11(7-10)13(14)9-5-6-17-8-9/h3-8,13H,1-2H3. The zero-order valence-corrected chi connectivity index (χ0v) is 11.2. The van der Waals surface area contributed by atoms with Gasteiger partial charge in [0.2, 0.25) is 0 Å². The molecule has 0 spiro atoms. The number of halogens is 1. The highest BCUT2D eigenvalue weighted by Crippen LogP contribution is 2.37. The van der Waals surface area contributed by atoms with Gasteiger partial charge in [-0.3, -0.25) is 0 Å². The van der Waals surface area contributed by atoms with Crippen LogP contribution in [-0.4, -0.2) is 14.2 Å². The molecular formula is C13H13ClO2S. The summed E-state index contributed by atoms with van der Waals surface area (Å²) in [6.07, 6.45) is 0. The van der Waals surface area contributed by atoms with Crippen LogP contribution in [0.4, 0.5) is 0 Å². The molecule has 2 aromatic rings. The van der Waals surface area contributed by atoms with Gasteiger partial charge in [-0.15, -0.1) is 11.6 Å². The van der Waals surface area contributed by atoms with Crippen molar-refractivity contribution in [3.05, 3.63) is 46.2 Å². The molecule has 0 aliphatic rings. The SMILES string of the molecule is COc1ccc(OC)c(C(Cl)c2ccsc2)c1. The zero-order chi connectivity index (χ0) is 12.3. The van der Waals surface area contributed by atoms with Gasteiger partial charge in [0.25, 0.3) is 0 Å². The maximum atomic E-state index is 6.46. The first-order valence-electron chi connectivity index (χ1n) is 5.14. The molecule has 0 saturated heterocycles. The predicted octanol–water partition coefficient (Wildman–Crippen LogP) is 4.09. The van der Waals surface area contributed by atoms with Crippen molar-refractivity contribution in [2.75, 3.05) is 14.2 Å². The van der Waals surface area contributed by atoms with Crippen LogP contribution < -0.4 is 9.47 Å². The van der Waals surface area contributed by atoms with Gasteiger partial charge in [0.15, 0.2) is 0 Å². The third-order valence-electron chi connectivity index (χ3n) is 2.55. The smallest absolute Gasteiger partial charge is 0.124 e. The fourth-order valence-corrected chi connectivity index (χ4v) is 2.70. The maximum Gasteiger partial charge on any atom is 0.124 e. The monoisotopic (exact) mass is 268 g/mol. The second-order valence-corrected chi connectivity index (χ2v) is 4.74. The van der Waals surface area contributed by atoms with Crippen LogP contribution in [0.1, 0.15) is 16.5 Å². The first-order valence-corrected chi connectivity index (χ1v) is 6.52. The van der Waals surface area contributed by atoms with E-state index >= 15 is 0 Å². The molecule has 0 N–H and O–H groups in total. The Hall–Kier alpha value is -1.19. The van der Waals surface area contributed by atoms with Crippen molar-refractivity contribution < 1.29 is 9.47 Å². The van der Waals surface area contributed by atoms with Crippen LogP contribution in [-0.2, 0) is 0 Å². The van der Waals surface area contributed by atoms with Gasteiger partial charge in [-0.25, -0.2) is 0 Å². The van der Waals surface area contributed by atoms with Crippen molar-refractivity contribution in [2.45, 2.75) is 5.38 Å². The van der Waals surface area contributed by atoms with E-state index < -0.39 is 0 Å². The molecule has 4 heteroatoms. The Morgan fingerprint density at radius 1 is 1.18 bits per heavy atom. The summed E-state index contributed by atoms with van der Waals surface area (Å²) in [5, 5.41) is 3.83. The topological polar surface area (TPSA) is 18.5 Å². The van der Waals surface area contributed by atoms with Crippen LogP contribution in [0.25, 0.3) is 0 Å². The minimum Gasteiger partial charge on any atom is -0.497 e. The molecule has 2 rings (SSSR count). The van der Waals surface area contributed by atoms with E-state index in [1.807, 2.05) is 35.0 Å². The lowest BCUT2D eigenvalue weighted by Gasteiger charge is -2.14. The summed E-state index contributed by atoms with van der Waals surface area (Å²) in [6.45, 7) is 0. The fourth-order valence-electron chi connectivity index (χ4n) is 1.64. The van der Waals surface area contributed by atoms with Gasteiger partial charge in [-0.2, -0.15) is 11.3 Å². The lowest BCUT2D eigenvalue weighted by Crippen LogP contribution is -1.97. The molecule has 0 saturated carbocycles. The van der Waals surface area contributed by atoms with Crippen LogP contribution in [0.2, 0.25) is 0 Å². The van der Waals surface area contributed by atoms with Gasteiger partial charge < -0.3 is 9.47 Å². The van der Waals surface area contributed by atoms with E-state index in [9.17, 15) is 0 Å². The van der Waals surface area contributed by atoms with Gasteiger partial charge >= 0.3 is 0 Å². The Kier molecular flexibility index (Phi) is 3.92. The van der Waals surface area contributed by atoms with E-state index in [0.29, 0.717) is 0 Å². The summed E-state index contributed by atoms with van der Waals surface area (Å²) in [4.78, 5) is 0. The highest BCUT2D eigenvalue weighted by molar-refractivity contribution is 7.08. The molecule has 90 valence electrons. The van der Waals surface area contributed by atoms with Crippen LogP contribution >= 0.6 is 22.9 Å². The van der Waals surface area contributed by atoms with E-state index in [1.54, 1.807) is 25.6 Å². The largest absolute Gasteiger partial charge is 0.497 e. The third-order valence-corrected chi connectivity index (χ3v) is 3.73. The molecule has 1 atom stereocenters. The summed E-state index contributed by atoms with van der Waals surface area (Å²) in [7, 11) is 3.28. The van der Waals surface area contributed by atoms with E-state index in [1.165, 1.54) is 0 Å². The molecule has 0 radical (unpaired) electrons. The predicted molar refractivity (Wildman–Crippen MR) is 71.6 cm³/mol. The Labute approximate surface area is 110 Å². The number of rotatable bonds is 4. The Bertz CT molecular complexity index is 482. The first kappa shape index (κ1) is 12.3. The van der Waals surface area contributed by atoms with Gasteiger partial charge in [-0.05, 0) is 40.6 Å². The van der Waals surface area contributed by atoms with Gasteiger partial charge in [0, 0.05) is 5.56 Å². The van der Waals surface area contributed by atoms with Crippen LogP contribution in [0.5, 0.6) is 11.5 Å². The second kappa shape index (κ2) is 5.43. The van der Waals surface area contributed by atoms with Crippen molar-refractivity contribution in [3.63, 3.8) is 0 Å². The number of thiophene rings is 1. The minimum absolute atomic E-state index is 0.216. The Morgan fingerprint density at radius 3 is 2.59 bits per heavy atom. The van der Waals surface area contributed by atoms with Crippen molar-refractivity contribution in [2.24, 2.45) is 0 Å². The summed E-state index contributed by atoms with van der Waals surface area (Å²) >= 11 is 8.09. The Balaban J connectivity index is 2.41. The summed E-state index contributed by atoms with van der Waals surface area (Å²) in [5.41, 5.74) is 2.00. The van der Waals surface area contributed by atoms with Crippen molar-refractivity contribution in [3.8, 4) is 11.5 Å². The summed E-state index contributed by atoms with van der Waals surface area (Å²) in [6, 6.07) is 7.66. The molecule has 0 amide bonds. The molecule has 1 unspecified atom stereocenters. The van der Waals surface area contributed by atoms with Crippen LogP contribution in [0.15, 0.2) is 35.0 Å². The number of benzene rings is 1. The van der Waals surface area contributed by atoms with Crippen LogP contribution in [0.3, 0.4) is 0 Å². The highest BCUT2D eigenvalue weighted by atomic mass is 35.5. The number of alkyl halides is 1. The molecule has 0 aliphatic carbocycles. The number of hydrogen-bond acceptors (Lipinski definition) is 3. The van der Waals surface area contributed by atoms with E-state index in [2.05, 4.69) is 0 Å². The zero-order valence-electron chi connectivity index (χ0n) is 9.64. The molecule has 17 heavy (non-hydrogen) atoms. The van der Waals surface area contributed by atoms with Crippen molar-refractivity contribution in [1.82, 2.24) is 0 Å². The maximum absolute atomic E-state index is 6.46. The molecule has 0 bridgehead atoms. The van der Waals surface area contributed by atoms with E-state index in [4.69, 9.17) is 21.1 Å². The lowest BCUT2D eigenvalue weighted by atomic mass is 10.1. The third kappa shape index (κ3) is 2.56. The molecule has 2 nitrogen and oxygen atoms in total. The molecule has 1 aromatic heterocycles. The number of methoxy groups -OCH3 is 2. The van der Waals surface area contributed by atoms with Crippen molar-refractivity contribution >= 4 is 22.9 Å². The van der Waals surface area contributed by atoms with Crippen molar-refractivity contribution in [1.29, 1.82) is 0 Å². The van der Waals surface area contributed by atoms with Gasteiger partial charge in [0.1, 0.15) is 11.5 Å². The van der Waals surface area contributed by atoms with Gasteiger partial charge in [0.05, 0.1) is 19.6 Å². The van der Waals surface area contributed by atoms with Gasteiger partial charge in [-0.1, -0.05) is 0 Å². The number of ether oxygens (including phenoxy) is 2. The second-order valence-electron chi connectivity index (χ2n) is 3.53. The lowest BCUT2D eigenvalue weighted by molar-refractivity contribution is 0.399.